The molecule has 0 rings (SSSR count). The van der Waals surface area contributed by atoms with E-state index in [1.807, 2.05) is 0 Å². The fourth-order valence-corrected chi connectivity index (χ4v) is 3.26. The summed E-state index contributed by atoms with van der Waals surface area (Å²) >= 11 is 0. The average molecular weight is 162 g/mol. The van der Waals surface area contributed by atoms with Gasteiger partial charge in [-0.05, 0) is 12.1 Å². The van der Waals surface area contributed by atoms with Crippen LogP contribution < -0.4 is 0 Å². The van der Waals surface area contributed by atoms with Gasteiger partial charge >= 0.3 is 0 Å². The maximum absolute atomic E-state index is 9.65. The van der Waals surface area contributed by atoms with Crippen molar-refractivity contribution in [3.8, 4) is 0 Å². The second kappa shape index (κ2) is 4.25. The zero-order valence-corrected chi connectivity index (χ0v) is 9.78. The molecule has 0 heterocycles. The first-order valence-corrected chi connectivity index (χ1v) is 9.71. The van der Waals surface area contributed by atoms with Crippen molar-refractivity contribution in [2.24, 2.45) is 0 Å². The highest BCUT2D eigenvalue weighted by molar-refractivity contribution is 7.12. The Balaban J connectivity index is 3.33. The molecule has 56 valence electrons. The summed E-state index contributed by atoms with van der Waals surface area (Å²) in [5.41, 5.74) is 0. The third-order valence-corrected chi connectivity index (χ3v) is 8.41. The summed E-state index contributed by atoms with van der Waals surface area (Å²) in [5, 5.41) is 0. The van der Waals surface area contributed by atoms with Crippen LogP contribution in [0.25, 0.3) is 0 Å². The van der Waals surface area contributed by atoms with E-state index in [4.69, 9.17) is 0 Å². The van der Waals surface area contributed by atoms with E-state index >= 15 is 0 Å². The summed E-state index contributed by atoms with van der Waals surface area (Å²) in [6.07, 6.45) is 2.47. The van der Waals surface area contributed by atoms with Crippen LogP contribution in [0.2, 0.25) is 12.1 Å². The van der Waals surface area contributed by atoms with E-state index in [-0.39, 0.29) is 0 Å². The van der Waals surface area contributed by atoms with Crippen LogP contribution in [0.1, 0.15) is 26.7 Å². The molecule has 0 aromatic heterocycles. The lowest BCUT2D eigenvalue weighted by atomic mass is 10.4. The first-order valence-electron chi connectivity index (χ1n) is 3.84. The monoisotopic (exact) mass is 162 g/mol. The minimum atomic E-state index is -1.56. The van der Waals surface area contributed by atoms with Gasteiger partial charge in [0.2, 0.25) is 0 Å². The van der Waals surface area contributed by atoms with Crippen molar-refractivity contribution < 1.29 is 4.80 Å². The smallest absolute Gasteiger partial charge is 0.164 e. The number of hydrogen-bond donors (Lipinski definition) is 1. The maximum Gasteiger partial charge on any atom is 0.164 e. The Kier molecular flexibility index (Phi) is 4.43. The summed E-state index contributed by atoms with van der Waals surface area (Å²) < 4.78 is 0. The number of rotatable bonds is 4. The standard InChI is InChI=1S/C6H18OSi2/c1-3-5-6-9(7,8)4-2/h7H,3-6H2,1-2,8H3. The molecule has 0 spiro atoms. The quantitative estimate of drug-likeness (QED) is 0.601. The van der Waals surface area contributed by atoms with Gasteiger partial charge in [-0.1, -0.05) is 26.7 Å². The van der Waals surface area contributed by atoms with Gasteiger partial charge in [0.1, 0.15) is 0 Å². The van der Waals surface area contributed by atoms with Gasteiger partial charge < -0.3 is 4.80 Å². The Morgan fingerprint density at radius 1 is 1.44 bits per heavy atom. The Labute approximate surface area is 61.8 Å². The van der Waals surface area contributed by atoms with Crippen LogP contribution in [-0.4, -0.2) is 22.4 Å². The van der Waals surface area contributed by atoms with Crippen molar-refractivity contribution in [3.63, 3.8) is 0 Å². The van der Waals surface area contributed by atoms with Gasteiger partial charge in [-0.3, -0.25) is 0 Å². The molecule has 0 aliphatic heterocycles. The highest BCUT2D eigenvalue weighted by Gasteiger charge is 2.19. The molecule has 0 aliphatic rings. The first-order chi connectivity index (χ1) is 4.12. The van der Waals surface area contributed by atoms with E-state index in [1.165, 1.54) is 12.8 Å². The fourth-order valence-electron chi connectivity index (χ4n) is 0.734. The lowest BCUT2D eigenvalue weighted by molar-refractivity contribution is 0.551. The maximum atomic E-state index is 9.65. The first kappa shape index (κ1) is 9.39. The van der Waals surface area contributed by atoms with Crippen molar-refractivity contribution in [2.75, 3.05) is 0 Å². The van der Waals surface area contributed by atoms with Crippen molar-refractivity contribution in [1.29, 1.82) is 0 Å². The molecule has 1 nitrogen and oxygen atoms in total. The Morgan fingerprint density at radius 3 is 2.33 bits per heavy atom. The molecule has 0 fully saturated rings. The normalized spacial score (nSPS) is 17.7. The summed E-state index contributed by atoms with van der Waals surface area (Å²) in [6, 6.07) is 2.21. The van der Waals surface area contributed by atoms with Gasteiger partial charge in [-0.25, -0.2) is 0 Å². The molecule has 9 heavy (non-hydrogen) atoms. The molecule has 0 aromatic rings. The number of hydrogen-bond acceptors (Lipinski definition) is 1. The number of unbranched alkanes of at least 4 members (excludes halogenated alkanes) is 1. The molecule has 0 saturated heterocycles. The summed E-state index contributed by atoms with van der Waals surface area (Å²) in [4.78, 5) is 9.65. The summed E-state index contributed by atoms with van der Waals surface area (Å²) in [5.74, 6) is 0. The topological polar surface area (TPSA) is 20.2 Å². The van der Waals surface area contributed by atoms with Crippen molar-refractivity contribution in [2.45, 2.75) is 38.8 Å². The minimum Gasteiger partial charge on any atom is -0.435 e. The van der Waals surface area contributed by atoms with E-state index in [0.717, 1.165) is 21.8 Å². The molecule has 0 saturated carbocycles. The molecule has 0 bridgehead atoms. The van der Waals surface area contributed by atoms with E-state index in [2.05, 4.69) is 13.8 Å². The van der Waals surface area contributed by atoms with Crippen LogP contribution in [0, 0.1) is 0 Å². The Bertz CT molecular complexity index is 73.5. The zero-order valence-electron chi connectivity index (χ0n) is 6.78. The lowest BCUT2D eigenvalue weighted by Gasteiger charge is -2.16. The van der Waals surface area contributed by atoms with Gasteiger partial charge in [-0.15, -0.1) is 0 Å². The van der Waals surface area contributed by atoms with Gasteiger partial charge in [-0.2, -0.15) is 0 Å². The van der Waals surface area contributed by atoms with E-state index < -0.39 is 7.83 Å². The van der Waals surface area contributed by atoms with E-state index in [9.17, 15) is 4.80 Å². The van der Waals surface area contributed by atoms with Gasteiger partial charge in [0.15, 0.2) is 7.83 Å². The predicted octanol–water partition coefficient (Wildman–Crippen LogP) is 0.606. The zero-order chi connectivity index (χ0) is 7.33. The van der Waals surface area contributed by atoms with Crippen LogP contribution >= 0.6 is 0 Å². The van der Waals surface area contributed by atoms with E-state index in [0.29, 0.717) is 0 Å². The van der Waals surface area contributed by atoms with Crippen molar-refractivity contribution in [1.82, 2.24) is 0 Å². The molecule has 1 atom stereocenters. The predicted molar refractivity (Wildman–Crippen MR) is 48.1 cm³/mol. The fraction of sp³-hybridized carbons (Fsp3) is 1.00. The SMILES string of the molecule is CCCC[Si](O)([SiH3])CC. The van der Waals surface area contributed by atoms with Crippen LogP contribution in [0.15, 0.2) is 0 Å². The van der Waals surface area contributed by atoms with Crippen LogP contribution in [0.4, 0.5) is 0 Å². The Morgan fingerprint density at radius 2 is 2.00 bits per heavy atom. The third kappa shape index (κ3) is 4.87. The molecule has 1 N–H and O–H groups in total. The highest BCUT2D eigenvalue weighted by Crippen LogP contribution is 2.10. The second-order valence-corrected chi connectivity index (χ2v) is 12.7. The molecule has 0 aromatic carbocycles. The average Bonchev–Trinajstić information content (AvgIpc) is 1.84. The van der Waals surface area contributed by atoms with Crippen LogP contribution in [-0.2, 0) is 0 Å². The van der Waals surface area contributed by atoms with E-state index in [1.54, 1.807) is 0 Å². The Hall–Kier alpha value is 0.394. The molecular formula is C6H18OSi2. The largest absolute Gasteiger partial charge is 0.435 e. The van der Waals surface area contributed by atoms with Gasteiger partial charge in [0.05, 0.1) is 0 Å². The second-order valence-electron chi connectivity index (χ2n) is 2.95. The van der Waals surface area contributed by atoms with Gasteiger partial charge in [0.25, 0.3) is 0 Å². The van der Waals surface area contributed by atoms with Crippen LogP contribution in [0.5, 0.6) is 0 Å². The minimum absolute atomic E-state index is 1.06. The summed E-state index contributed by atoms with van der Waals surface area (Å²) in [6.45, 7) is 4.30. The molecule has 3 heteroatoms. The molecule has 0 amide bonds. The molecule has 1 unspecified atom stereocenters. The molecule has 0 radical (unpaired) electrons. The third-order valence-electron chi connectivity index (χ3n) is 1.83. The van der Waals surface area contributed by atoms with Crippen molar-refractivity contribution in [3.05, 3.63) is 0 Å². The van der Waals surface area contributed by atoms with Crippen LogP contribution in [0.3, 0.4) is 0 Å². The summed E-state index contributed by atoms with van der Waals surface area (Å²) in [7, 11) is -0.502. The molecular weight excluding hydrogens is 144 g/mol. The molecule has 0 aliphatic carbocycles. The highest BCUT2D eigenvalue weighted by atomic mass is 29.2. The van der Waals surface area contributed by atoms with Crippen molar-refractivity contribution >= 4 is 17.6 Å². The van der Waals surface area contributed by atoms with Gasteiger partial charge in [0, 0.05) is 9.76 Å². The lowest BCUT2D eigenvalue weighted by Crippen LogP contribution is -2.33.